The molecule has 24 heavy (non-hydrogen) atoms. The molecule has 2 N–H and O–H groups in total. The minimum absolute atomic E-state index is 0.361. The Labute approximate surface area is 147 Å². The molecular formula is C17H26N2O4S. The summed E-state index contributed by atoms with van der Waals surface area (Å²) in [7, 11) is 0. The molecule has 2 amide bonds. The third kappa shape index (κ3) is 9.19. The molecule has 6 nitrogen and oxygen atoms in total. The largest absolute Gasteiger partial charge is 0.444 e. The van der Waals surface area contributed by atoms with Crippen LogP contribution in [0.3, 0.4) is 0 Å². The molecule has 0 bridgehead atoms. The molecule has 1 heterocycles. The maximum absolute atomic E-state index is 11.7. The minimum atomic E-state index is -0.530. The normalized spacial score (nSPS) is 12.1. The number of alkyl carbamates (subject to hydrolysis) is 1. The lowest BCUT2D eigenvalue weighted by Crippen LogP contribution is -2.32. The Balaban J connectivity index is 2.41. The maximum atomic E-state index is 11.7. The monoisotopic (exact) mass is 354 g/mol. The predicted octanol–water partition coefficient (Wildman–Crippen LogP) is 4.63. The van der Waals surface area contributed by atoms with Gasteiger partial charge < -0.3 is 14.8 Å². The lowest BCUT2D eigenvalue weighted by Gasteiger charge is -2.19. The SMILES string of the molecule is CC(C)(C)OC(=O)NCC=Cc1csc(NC(=O)OC(C)(C)C)c1. The first-order valence-electron chi connectivity index (χ1n) is 7.66. The summed E-state index contributed by atoms with van der Waals surface area (Å²) in [5.74, 6) is 0. The fraction of sp³-hybridized carbons (Fsp3) is 0.529. The van der Waals surface area contributed by atoms with E-state index in [1.807, 2.05) is 65.1 Å². The Bertz CT molecular complexity index is 594. The number of ether oxygens (including phenoxy) is 2. The summed E-state index contributed by atoms with van der Waals surface area (Å²) in [5, 5.41) is 7.92. The smallest absolute Gasteiger partial charge is 0.412 e. The molecule has 0 atom stereocenters. The van der Waals surface area contributed by atoms with Gasteiger partial charge in [-0.3, -0.25) is 5.32 Å². The maximum Gasteiger partial charge on any atom is 0.412 e. The molecule has 0 spiro atoms. The Hall–Kier alpha value is -2.02. The van der Waals surface area contributed by atoms with E-state index in [-0.39, 0.29) is 0 Å². The molecule has 0 fully saturated rings. The number of anilines is 1. The highest BCUT2D eigenvalue weighted by Crippen LogP contribution is 2.22. The summed E-state index contributed by atoms with van der Waals surface area (Å²) in [4.78, 5) is 23.2. The number of carbonyl (C=O) groups excluding carboxylic acids is 2. The number of rotatable bonds is 4. The zero-order chi connectivity index (χ0) is 18.4. The van der Waals surface area contributed by atoms with Gasteiger partial charge in [0.2, 0.25) is 0 Å². The summed E-state index contributed by atoms with van der Waals surface area (Å²) in [6, 6.07) is 1.83. The summed E-state index contributed by atoms with van der Waals surface area (Å²) in [5.41, 5.74) is -0.113. The second kappa shape index (κ2) is 8.19. The van der Waals surface area contributed by atoms with Crippen LogP contribution in [-0.4, -0.2) is 29.9 Å². The molecule has 1 aromatic heterocycles. The number of amides is 2. The Morgan fingerprint density at radius 3 is 2.25 bits per heavy atom. The van der Waals surface area contributed by atoms with Crippen LogP contribution in [0.4, 0.5) is 14.6 Å². The average molecular weight is 354 g/mol. The van der Waals surface area contributed by atoms with Crippen LogP contribution in [0.2, 0.25) is 0 Å². The summed E-state index contributed by atoms with van der Waals surface area (Å²) < 4.78 is 10.3. The number of thiophene rings is 1. The van der Waals surface area contributed by atoms with Gasteiger partial charge in [0.25, 0.3) is 0 Å². The Morgan fingerprint density at radius 1 is 1.08 bits per heavy atom. The van der Waals surface area contributed by atoms with E-state index in [2.05, 4.69) is 10.6 Å². The highest BCUT2D eigenvalue weighted by atomic mass is 32.1. The first-order valence-corrected chi connectivity index (χ1v) is 8.54. The van der Waals surface area contributed by atoms with E-state index in [1.54, 1.807) is 0 Å². The van der Waals surface area contributed by atoms with Crippen LogP contribution >= 0.6 is 11.3 Å². The van der Waals surface area contributed by atoms with Crippen LogP contribution in [0.5, 0.6) is 0 Å². The fourth-order valence-electron chi connectivity index (χ4n) is 1.56. The Morgan fingerprint density at radius 2 is 1.67 bits per heavy atom. The van der Waals surface area contributed by atoms with Gasteiger partial charge in [-0.2, -0.15) is 0 Å². The molecule has 0 aliphatic carbocycles. The van der Waals surface area contributed by atoms with Gasteiger partial charge in [0.05, 0.1) is 5.00 Å². The van der Waals surface area contributed by atoms with E-state index in [4.69, 9.17) is 9.47 Å². The molecule has 1 aromatic rings. The van der Waals surface area contributed by atoms with E-state index < -0.39 is 23.4 Å². The third-order valence-electron chi connectivity index (χ3n) is 2.32. The third-order valence-corrected chi connectivity index (χ3v) is 3.18. The molecule has 0 saturated carbocycles. The van der Waals surface area contributed by atoms with Gasteiger partial charge in [-0.05, 0) is 53.2 Å². The number of hydrogen-bond acceptors (Lipinski definition) is 5. The van der Waals surface area contributed by atoms with Crippen molar-refractivity contribution in [3.8, 4) is 0 Å². The molecule has 0 radical (unpaired) electrons. The second-order valence-electron chi connectivity index (χ2n) is 7.16. The van der Waals surface area contributed by atoms with E-state index in [9.17, 15) is 9.59 Å². The molecule has 0 unspecified atom stereocenters. The van der Waals surface area contributed by atoms with Crippen molar-refractivity contribution in [3.05, 3.63) is 23.1 Å². The van der Waals surface area contributed by atoms with Crippen molar-refractivity contribution in [2.75, 3.05) is 11.9 Å². The second-order valence-corrected chi connectivity index (χ2v) is 8.07. The number of carbonyl (C=O) groups is 2. The molecule has 1 rings (SSSR count). The molecule has 7 heteroatoms. The first kappa shape index (κ1) is 20.0. The molecule has 0 aliphatic heterocycles. The fourth-order valence-corrected chi connectivity index (χ4v) is 2.32. The lowest BCUT2D eigenvalue weighted by atomic mass is 10.2. The van der Waals surface area contributed by atoms with E-state index in [0.717, 1.165) is 5.56 Å². The highest BCUT2D eigenvalue weighted by Gasteiger charge is 2.17. The van der Waals surface area contributed by atoms with Gasteiger partial charge in [0.1, 0.15) is 11.2 Å². The quantitative estimate of drug-likeness (QED) is 0.826. The van der Waals surface area contributed by atoms with Crippen molar-refractivity contribution in [2.24, 2.45) is 0 Å². The van der Waals surface area contributed by atoms with Crippen LogP contribution in [0, 0.1) is 0 Å². The van der Waals surface area contributed by atoms with Crippen molar-refractivity contribution in [2.45, 2.75) is 52.7 Å². The van der Waals surface area contributed by atoms with Gasteiger partial charge in [-0.25, -0.2) is 9.59 Å². The van der Waals surface area contributed by atoms with Gasteiger partial charge in [-0.15, -0.1) is 11.3 Å². The number of hydrogen-bond donors (Lipinski definition) is 2. The Kier molecular flexibility index (Phi) is 6.83. The minimum Gasteiger partial charge on any atom is -0.444 e. The molecule has 134 valence electrons. The van der Waals surface area contributed by atoms with E-state index in [1.165, 1.54) is 11.3 Å². The highest BCUT2D eigenvalue weighted by molar-refractivity contribution is 7.14. The van der Waals surface area contributed by atoms with Crippen molar-refractivity contribution in [1.82, 2.24) is 5.32 Å². The van der Waals surface area contributed by atoms with E-state index in [0.29, 0.717) is 11.5 Å². The average Bonchev–Trinajstić information content (AvgIpc) is 2.77. The van der Waals surface area contributed by atoms with Crippen LogP contribution in [0.25, 0.3) is 6.08 Å². The van der Waals surface area contributed by atoms with Gasteiger partial charge >= 0.3 is 12.2 Å². The van der Waals surface area contributed by atoms with E-state index >= 15 is 0 Å². The van der Waals surface area contributed by atoms with Crippen molar-refractivity contribution >= 4 is 34.6 Å². The predicted molar refractivity (Wildman–Crippen MR) is 97.4 cm³/mol. The zero-order valence-electron chi connectivity index (χ0n) is 15.1. The molecule has 0 saturated heterocycles. The van der Waals surface area contributed by atoms with Crippen LogP contribution in [0.1, 0.15) is 47.1 Å². The van der Waals surface area contributed by atoms with Crippen molar-refractivity contribution < 1.29 is 19.1 Å². The van der Waals surface area contributed by atoms with Gasteiger partial charge in [0, 0.05) is 11.9 Å². The number of nitrogens with one attached hydrogen (secondary N) is 2. The van der Waals surface area contributed by atoms with Crippen molar-refractivity contribution in [1.29, 1.82) is 0 Å². The summed E-state index contributed by atoms with van der Waals surface area (Å²) >= 11 is 1.40. The summed E-state index contributed by atoms with van der Waals surface area (Å²) in [6.45, 7) is 11.2. The molecular weight excluding hydrogens is 328 g/mol. The van der Waals surface area contributed by atoms with Gasteiger partial charge in [-0.1, -0.05) is 12.2 Å². The first-order chi connectivity index (χ1) is 10.9. The van der Waals surface area contributed by atoms with Crippen LogP contribution < -0.4 is 10.6 Å². The van der Waals surface area contributed by atoms with Crippen molar-refractivity contribution in [3.63, 3.8) is 0 Å². The summed E-state index contributed by atoms with van der Waals surface area (Å²) in [6.07, 6.45) is 2.73. The molecule has 0 aliphatic rings. The van der Waals surface area contributed by atoms with Gasteiger partial charge in [0.15, 0.2) is 0 Å². The zero-order valence-corrected chi connectivity index (χ0v) is 15.9. The lowest BCUT2D eigenvalue weighted by molar-refractivity contribution is 0.0533. The van der Waals surface area contributed by atoms with Crippen LogP contribution in [-0.2, 0) is 9.47 Å². The van der Waals surface area contributed by atoms with Crippen LogP contribution in [0.15, 0.2) is 17.5 Å². The topological polar surface area (TPSA) is 76.7 Å². The molecule has 0 aromatic carbocycles. The standard InChI is InChI=1S/C17H26N2O4S/c1-16(2,3)22-14(20)18-9-7-8-12-10-13(24-11-12)19-15(21)23-17(4,5)6/h7-8,10-11H,9H2,1-6H3,(H,18,20)(H,19,21).